The molecule has 0 bridgehead atoms. The van der Waals surface area contributed by atoms with Crippen LogP contribution < -0.4 is 0 Å². The quantitative estimate of drug-likeness (QED) is 0.893. The Morgan fingerprint density at radius 1 is 1.56 bits per heavy atom. The molecule has 4 nitrogen and oxygen atoms in total. The van der Waals surface area contributed by atoms with Crippen LogP contribution in [0.15, 0.2) is 5.38 Å². The number of nitrogens with zero attached hydrogens (tertiary/aromatic N) is 2. The minimum atomic E-state index is -0.758. The van der Waals surface area contributed by atoms with Gasteiger partial charge in [0.1, 0.15) is 0 Å². The Balaban J connectivity index is 2.85. The van der Waals surface area contributed by atoms with Gasteiger partial charge in [-0.1, -0.05) is 0 Å². The van der Waals surface area contributed by atoms with E-state index in [0.29, 0.717) is 6.54 Å². The predicted molar refractivity (Wildman–Crippen MR) is 74.0 cm³/mol. The summed E-state index contributed by atoms with van der Waals surface area (Å²) in [7, 11) is 0. The Morgan fingerprint density at radius 2 is 2.17 bits per heavy atom. The lowest BCUT2D eigenvalue weighted by atomic mass is 10.0. The summed E-state index contributed by atoms with van der Waals surface area (Å²) in [5, 5.41) is 11.9. The summed E-state index contributed by atoms with van der Waals surface area (Å²) in [6.45, 7) is 10.9. The molecule has 102 valence electrons. The van der Waals surface area contributed by atoms with Crippen molar-refractivity contribution in [2.24, 2.45) is 0 Å². The van der Waals surface area contributed by atoms with Crippen molar-refractivity contribution >= 4 is 17.3 Å². The highest BCUT2D eigenvalue weighted by molar-refractivity contribution is 7.09. The molecule has 1 unspecified atom stereocenters. The minimum Gasteiger partial charge on any atom is -0.481 e. The number of rotatable bonds is 5. The molecule has 18 heavy (non-hydrogen) atoms. The van der Waals surface area contributed by atoms with Gasteiger partial charge in [-0.2, -0.15) is 0 Å². The van der Waals surface area contributed by atoms with E-state index < -0.39 is 5.97 Å². The van der Waals surface area contributed by atoms with Crippen molar-refractivity contribution in [2.75, 3.05) is 6.54 Å². The van der Waals surface area contributed by atoms with Crippen LogP contribution in [0.2, 0.25) is 0 Å². The molecule has 1 atom stereocenters. The summed E-state index contributed by atoms with van der Waals surface area (Å²) in [6.07, 6.45) is 0.157. The SMILES string of the molecule is Cc1nc(C(C)N(CCC(=O)O)C(C)(C)C)cs1. The highest BCUT2D eigenvalue weighted by atomic mass is 32.1. The van der Waals surface area contributed by atoms with E-state index in [1.807, 2.05) is 6.92 Å². The van der Waals surface area contributed by atoms with Crippen molar-refractivity contribution < 1.29 is 9.90 Å². The van der Waals surface area contributed by atoms with Crippen LogP contribution in [0.5, 0.6) is 0 Å². The summed E-state index contributed by atoms with van der Waals surface area (Å²) >= 11 is 1.63. The normalized spacial score (nSPS) is 13.9. The van der Waals surface area contributed by atoms with Crippen molar-refractivity contribution in [1.29, 1.82) is 0 Å². The first-order valence-electron chi connectivity index (χ1n) is 6.12. The monoisotopic (exact) mass is 270 g/mol. The van der Waals surface area contributed by atoms with Gasteiger partial charge in [0.15, 0.2) is 0 Å². The first-order valence-corrected chi connectivity index (χ1v) is 7.00. The van der Waals surface area contributed by atoms with Crippen LogP contribution >= 0.6 is 11.3 Å². The molecule has 0 saturated carbocycles. The van der Waals surface area contributed by atoms with Crippen molar-refractivity contribution in [1.82, 2.24) is 9.88 Å². The molecule has 0 fully saturated rings. The van der Waals surface area contributed by atoms with Crippen LogP contribution in [0, 0.1) is 6.92 Å². The summed E-state index contributed by atoms with van der Waals surface area (Å²) in [5.41, 5.74) is 0.949. The number of carbonyl (C=O) groups is 1. The molecule has 0 amide bonds. The Bertz CT molecular complexity index is 409. The molecule has 0 aliphatic rings. The standard InChI is InChI=1S/C13H22N2O2S/c1-9(11-8-18-10(2)14-11)15(13(3,4)5)7-6-12(16)17/h8-9H,6-7H2,1-5H3,(H,16,17). The Morgan fingerprint density at radius 3 is 2.56 bits per heavy atom. The number of carboxylic acids is 1. The highest BCUT2D eigenvalue weighted by Crippen LogP contribution is 2.28. The molecular weight excluding hydrogens is 248 g/mol. The third-order valence-corrected chi connectivity index (χ3v) is 3.75. The van der Waals surface area contributed by atoms with Crippen molar-refractivity contribution in [3.8, 4) is 0 Å². The van der Waals surface area contributed by atoms with E-state index in [4.69, 9.17) is 5.11 Å². The molecule has 1 rings (SSSR count). The van der Waals surface area contributed by atoms with Crippen LogP contribution in [-0.4, -0.2) is 33.0 Å². The van der Waals surface area contributed by atoms with Crippen molar-refractivity contribution in [2.45, 2.75) is 52.6 Å². The van der Waals surface area contributed by atoms with Crippen molar-refractivity contribution in [3.63, 3.8) is 0 Å². The van der Waals surface area contributed by atoms with Crippen LogP contribution in [0.25, 0.3) is 0 Å². The smallest absolute Gasteiger partial charge is 0.304 e. The maximum Gasteiger partial charge on any atom is 0.304 e. The average Bonchev–Trinajstić information content (AvgIpc) is 2.62. The maximum absolute atomic E-state index is 10.8. The van der Waals surface area contributed by atoms with Gasteiger partial charge in [0.05, 0.1) is 23.2 Å². The number of hydrogen-bond acceptors (Lipinski definition) is 4. The lowest BCUT2D eigenvalue weighted by Crippen LogP contribution is -2.44. The van der Waals surface area contributed by atoms with Gasteiger partial charge in [-0.05, 0) is 34.6 Å². The summed E-state index contributed by atoms with van der Waals surface area (Å²) in [6, 6.07) is 0.134. The zero-order valence-electron chi connectivity index (χ0n) is 11.7. The van der Waals surface area contributed by atoms with Gasteiger partial charge >= 0.3 is 5.97 Å². The van der Waals surface area contributed by atoms with Crippen LogP contribution in [0.3, 0.4) is 0 Å². The topological polar surface area (TPSA) is 53.4 Å². The highest BCUT2D eigenvalue weighted by Gasteiger charge is 2.28. The molecule has 0 saturated heterocycles. The number of carboxylic acid groups (broad SMARTS) is 1. The van der Waals surface area contributed by atoms with Gasteiger partial charge in [0, 0.05) is 17.5 Å². The first-order chi connectivity index (χ1) is 8.21. The second-order valence-corrected chi connectivity index (χ2v) is 6.54. The van der Waals surface area contributed by atoms with Gasteiger partial charge in [-0.25, -0.2) is 4.98 Å². The van der Waals surface area contributed by atoms with E-state index in [9.17, 15) is 4.79 Å². The molecule has 1 N–H and O–H groups in total. The van der Waals surface area contributed by atoms with Gasteiger partial charge in [-0.15, -0.1) is 11.3 Å². The lowest BCUT2D eigenvalue weighted by molar-refractivity contribution is -0.137. The minimum absolute atomic E-state index is 0.0770. The predicted octanol–water partition coefficient (Wildman–Crippen LogP) is 3.09. The number of aryl methyl sites for hydroxylation is 1. The van der Waals surface area contributed by atoms with Crippen molar-refractivity contribution in [3.05, 3.63) is 16.1 Å². The molecule has 5 heteroatoms. The Kier molecular flexibility index (Phi) is 4.87. The largest absolute Gasteiger partial charge is 0.481 e. The number of hydrogen-bond donors (Lipinski definition) is 1. The lowest BCUT2D eigenvalue weighted by Gasteiger charge is -2.39. The van der Waals surface area contributed by atoms with Crippen LogP contribution in [-0.2, 0) is 4.79 Å². The van der Waals surface area contributed by atoms with Gasteiger partial charge in [-0.3, -0.25) is 9.69 Å². The summed E-state index contributed by atoms with van der Waals surface area (Å²) in [4.78, 5) is 17.4. The van der Waals surface area contributed by atoms with E-state index in [-0.39, 0.29) is 18.0 Å². The molecule has 1 heterocycles. The van der Waals surface area contributed by atoms with Gasteiger partial charge in [0.2, 0.25) is 0 Å². The molecule has 0 spiro atoms. The second kappa shape index (κ2) is 5.80. The maximum atomic E-state index is 10.8. The third-order valence-electron chi connectivity index (χ3n) is 2.96. The summed E-state index contributed by atoms with van der Waals surface area (Å²) < 4.78 is 0. The fourth-order valence-electron chi connectivity index (χ4n) is 2.06. The first kappa shape index (κ1) is 15.1. The molecule has 0 radical (unpaired) electrons. The molecule has 1 aromatic heterocycles. The van der Waals surface area contributed by atoms with E-state index in [2.05, 4.69) is 43.0 Å². The fourth-order valence-corrected chi connectivity index (χ4v) is 2.76. The number of aromatic nitrogens is 1. The van der Waals surface area contributed by atoms with Crippen LogP contribution in [0.4, 0.5) is 0 Å². The zero-order valence-corrected chi connectivity index (χ0v) is 12.5. The van der Waals surface area contributed by atoms with E-state index in [0.717, 1.165) is 10.7 Å². The molecule has 0 aromatic carbocycles. The summed E-state index contributed by atoms with van der Waals surface area (Å²) in [5.74, 6) is -0.758. The second-order valence-electron chi connectivity index (χ2n) is 5.48. The number of thiazole rings is 1. The fraction of sp³-hybridized carbons (Fsp3) is 0.692. The molecular formula is C13H22N2O2S. The molecule has 0 aliphatic heterocycles. The molecule has 0 aliphatic carbocycles. The Labute approximate surface area is 113 Å². The Hall–Kier alpha value is -0.940. The van der Waals surface area contributed by atoms with Gasteiger partial charge < -0.3 is 5.11 Å². The van der Waals surface area contributed by atoms with E-state index in [1.165, 1.54) is 0 Å². The molecule has 1 aromatic rings. The zero-order chi connectivity index (χ0) is 13.9. The van der Waals surface area contributed by atoms with E-state index >= 15 is 0 Å². The number of aliphatic carboxylic acids is 1. The average molecular weight is 270 g/mol. The third kappa shape index (κ3) is 4.07. The van der Waals surface area contributed by atoms with Crippen LogP contribution in [0.1, 0.15) is 50.9 Å². The van der Waals surface area contributed by atoms with Gasteiger partial charge in [0.25, 0.3) is 0 Å². The van der Waals surface area contributed by atoms with E-state index in [1.54, 1.807) is 11.3 Å².